The normalized spacial score (nSPS) is 12.5. The van der Waals surface area contributed by atoms with Gasteiger partial charge in [0.25, 0.3) is 0 Å². The summed E-state index contributed by atoms with van der Waals surface area (Å²) in [5, 5.41) is 11.2. The number of phenolic OH excluding ortho intramolecular Hbond substituents is 1. The molecule has 0 saturated carbocycles. The van der Waals surface area contributed by atoms with Crippen LogP contribution in [0.15, 0.2) is 30.3 Å². The average Bonchev–Trinajstić information content (AvgIpc) is 2.62. The Bertz CT molecular complexity index is 880. The van der Waals surface area contributed by atoms with Crippen LogP contribution in [0.5, 0.6) is 17.2 Å². The van der Waals surface area contributed by atoms with Crippen LogP contribution in [-0.2, 0) is 10.8 Å². The highest BCUT2D eigenvalue weighted by atomic mass is 16.5. The standard InChI is InChI=1S/C28H42O3/c1-18(2)16-30-20-11-12-22(23(13-20)27(5,6)7)26-24(28(8,9)10)14-21(15-25(26)29)31-17-19(3)4/h11-15,18-19,29H,16-17H2,1-10H3. The van der Waals surface area contributed by atoms with E-state index in [0.717, 1.165) is 28.0 Å². The van der Waals surface area contributed by atoms with E-state index in [1.165, 1.54) is 0 Å². The molecule has 0 aliphatic rings. The lowest BCUT2D eigenvalue weighted by atomic mass is 9.76. The zero-order valence-electron chi connectivity index (χ0n) is 21.2. The number of ether oxygens (including phenoxy) is 2. The first-order chi connectivity index (χ1) is 14.2. The second kappa shape index (κ2) is 9.54. The van der Waals surface area contributed by atoms with Crippen molar-refractivity contribution >= 4 is 0 Å². The van der Waals surface area contributed by atoms with Crippen molar-refractivity contribution < 1.29 is 14.6 Å². The van der Waals surface area contributed by atoms with E-state index < -0.39 is 0 Å². The van der Waals surface area contributed by atoms with Gasteiger partial charge in [0, 0.05) is 11.6 Å². The quantitative estimate of drug-likeness (QED) is 0.492. The molecule has 0 saturated heterocycles. The van der Waals surface area contributed by atoms with E-state index in [4.69, 9.17) is 9.47 Å². The number of rotatable bonds is 7. The van der Waals surface area contributed by atoms with Crippen molar-refractivity contribution in [3.8, 4) is 28.4 Å². The number of benzene rings is 2. The topological polar surface area (TPSA) is 38.7 Å². The molecular weight excluding hydrogens is 384 g/mol. The van der Waals surface area contributed by atoms with Gasteiger partial charge >= 0.3 is 0 Å². The summed E-state index contributed by atoms with van der Waals surface area (Å²) in [5.74, 6) is 2.73. The summed E-state index contributed by atoms with van der Waals surface area (Å²) >= 11 is 0. The lowest BCUT2D eigenvalue weighted by Crippen LogP contribution is -2.17. The van der Waals surface area contributed by atoms with Gasteiger partial charge in [0.1, 0.15) is 17.2 Å². The first-order valence-corrected chi connectivity index (χ1v) is 11.5. The Balaban J connectivity index is 2.67. The molecule has 0 aromatic heterocycles. The highest BCUT2D eigenvalue weighted by molar-refractivity contribution is 5.80. The minimum Gasteiger partial charge on any atom is -0.507 e. The molecule has 0 spiro atoms. The Labute approximate surface area is 189 Å². The molecule has 0 bridgehead atoms. The molecule has 0 radical (unpaired) electrons. The molecule has 2 aromatic rings. The van der Waals surface area contributed by atoms with Gasteiger partial charge in [-0.25, -0.2) is 0 Å². The highest BCUT2D eigenvalue weighted by Crippen LogP contribution is 2.46. The number of hydrogen-bond acceptors (Lipinski definition) is 3. The van der Waals surface area contributed by atoms with Gasteiger partial charge in [-0.1, -0.05) is 75.3 Å². The Hall–Kier alpha value is -2.16. The van der Waals surface area contributed by atoms with Gasteiger partial charge < -0.3 is 14.6 Å². The molecular formula is C28H42O3. The monoisotopic (exact) mass is 426 g/mol. The molecule has 1 N–H and O–H groups in total. The van der Waals surface area contributed by atoms with Crippen molar-refractivity contribution in [3.63, 3.8) is 0 Å². The van der Waals surface area contributed by atoms with E-state index in [-0.39, 0.29) is 16.6 Å². The molecule has 0 unspecified atom stereocenters. The summed E-state index contributed by atoms with van der Waals surface area (Å²) in [6.07, 6.45) is 0. The van der Waals surface area contributed by atoms with Crippen LogP contribution in [-0.4, -0.2) is 18.3 Å². The third-order valence-electron chi connectivity index (χ3n) is 5.13. The van der Waals surface area contributed by atoms with Crippen LogP contribution in [0.1, 0.15) is 80.4 Å². The zero-order chi connectivity index (χ0) is 23.6. The molecule has 2 aromatic carbocycles. The largest absolute Gasteiger partial charge is 0.507 e. The molecule has 172 valence electrons. The zero-order valence-corrected chi connectivity index (χ0v) is 21.2. The summed E-state index contributed by atoms with van der Waals surface area (Å²) in [5.41, 5.74) is 3.89. The summed E-state index contributed by atoms with van der Waals surface area (Å²) in [4.78, 5) is 0. The van der Waals surface area contributed by atoms with Crippen molar-refractivity contribution in [2.45, 2.75) is 80.1 Å². The fourth-order valence-corrected chi connectivity index (χ4v) is 3.54. The van der Waals surface area contributed by atoms with Crippen LogP contribution >= 0.6 is 0 Å². The van der Waals surface area contributed by atoms with Crippen LogP contribution in [0.3, 0.4) is 0 Å². The number of aromatic hydroxyl groups is 1. The molecule has 0 heterocycles. The van der Waals surface area contributed by atoms with Crippen LogP contribution in [0.4, 0.5) is 0 Å². The summed E-state index contributed by atoms with van der Waals surface area (Å²) in [6, 6.07) is 10.1. The number of hydrogen-bond donors (Lipinski definition) is 1. The molecule has 2 rings (SSSR count). The van der Waals surface area contributed by atoms with E-state index >= 15 is 0 Å². The van der Waals surface area contributed by atoms with Gasteiger partial charge in [-0.05, 0) is 57.6 Å². The van der Waals surface area contributed by atoms with E-state index in [0.29, 0.717) is 30.8 Å². The molecule has 3 heteroatoms. The van der Waals surface area contributed by atoms with E-state index in [9.17, 15) is 5.11 Å². The van der Waals surface area contributed by atoms with Crippen LogP contribution < -0.4 is 9.47 Å². The number of phenols is 1. The molecule has 0 aliphatic carbocycles. The maximum Gasteiger partial charge on any atom is 0.127 e. The summed E-state index contributed by atoms with van der Waals surface area (Å²) < 4.78 is 12.0. The Morgan fingerprint density at radius 1 is 0.710 bits per heavy atom. The predicted molar refractivity (Wildman–Crippen MR) is 132 cm³/mol. The van der Waals surface area contributed by atoms with Crippen molar-refractivity contribution in [2.24, 2.45) is 11.8 Å². The summed E-state index contributed by atoms with van der Waals surface area (Å²) in [6.45, 7) is 23.0. The summed E-state index contributed by atoms with van der Waals surface area (Å²) in [7, 11) is 0. The van der Waals surface area contributed by atoms with Gasteiger partial charge in [0.15, 0.2) is 0 Å². The lowest BCUT2D eigenvalue weighted by Gasteiger charge is -2.29. The minimum atomic E-state index is -0.161. The van der Waals surface area contributed by atoms with Gasteiger partial charge in [-0.15, -0.1) is 0 Å². The van der Waals surface area contributed by atoms with Gasteiger partial charge in [0.05, 0.1) is 13.2 Å². The maximum atomic E-state index is 11.2. The second-order valence-corrected chi connectivity index (χ2v) is 11.5. The third kappa shape index (κ3) is 6.66. The fraction of sp³-hybridized carbons (Fsp3) is 0.571. The van der Waals surface area contributed by atoms with Crippen LogP contribution in [0.25, 0.3) is 11.1 Å². The Morgan fingerprint density at radius 3 is 1.68 bits per heavy atom. The lowest BCUT2D eigenvalue weighted by molar-refractivity contribution is 0.269. The molecule has 0 aliphatic heterocycles. The van der Waals surface area contributed by atoms with Gasteiger partial charge in [0.2, 0.25) is 0 Å². The maximum absolute atomic E-state index is 11.2. The van der Waals surface area contributed by atoms with Gasteiger partial charge in [-0.3, -0.25) is 0 Å². The van der Waals surface area contributed by atoms with Gasteiger partial charge in [-0.2, -0.15) is 0 Å². The predicted octanol–water partition coefficient (Wildman–Crippen LogP) is 7.72. The van der Waals surface area contributed by atoms with Crippen molar-refractivity contribution in [3.05, 3.63) is 41.5 Å². The molecule has 0 fully saturated rings. The molecule has 0 atom stereocenters. The molecule has 3 nitrogen and oxygen atoms in total. The van der Waals surface area contributed by atoms with E-state index in [1.807, 2.05) is 6.07 Å². The Morgan fingerprint density at radius 2 is 1.19 bits per heavy atom. The average molecular weight is 427 g/mol. The third-order valence-corrected chi connectivity index (χ3v) is 5.13. The smallest absolute Gasteiger partial charge is 0.127 e. The SMILES string of the molecule is CC(C)COc1ccc(-c2c(O)cc(OCC(C)C)cc2C(C)(C)C)c(C(C)(C)C)c1. The first-order valence-electron chi connectivity index (χ1n) is 11.5. The van der Waals surface area contributed by atoms with Crippen molar-refractivity contribution in [1.82, 2.24) is 0 Å². The first kappa shape index (κ1) is 25.1. The Kier molecular flexibility index (Phi) is 7.73. The van der Waals surface area contributed by atoms with Crippen LogP contribution in [0.2, 0.25) is 0 Å². The minimum absolute atomic E-state index is 0.110. The van der Waals surface area contributed by atoms with E-state index in [1.54, 1.807) is 6.07 Å². The molecule has 0 amide bonds. The second-order valence-electron chi connectivity index (χ2n) is 11.5. The highest BCUT2D eigenvalue weighted by Gasteiger charge is 2.28. The van der Waals surface area contributed by atoms with Crippen molar-refractivity contribution in [2.75, 3.05) is 13.2 Å². The molecule has 31 heavy (non-hydrogen) atoms. The van der Waals surface area contributed by atoms with E-state index in [2.05, 4.69) is 87.4 Å². The fourth-order valence-electron chi connectivity index (χ4n) is 3.54. The van der Waals surface area contributed by atoms with Crippen molar-refractivity contribution in [1.29, 1.82) is 0 Å². The van der Waals surface area contributed by atoms with Crippen LogP contribution in [0, 0.1) is 11.8 Å².